The van der Waals surface area contributed by atoms with Crippen molar-refractivity contribution in [3.63, 3.8) is 0 Å². The van der Waals surface area contributed by atoms with Crippen LogP contribution in [0, 0.1) is 5.82 Å². The minimum absolute atomic E-state index is 0.0996. The second-order valence-corrected chi connectivity index (χ2v) is 9.85. The number of amides is 1. The Morgan fingerprint density at radius 1 is 1.19 bits per heavy atom. The zero-order valence-corrected chi connectivity index (χ0v) is 22.3. The van der Waals surface area contributed by atoms with Crippen LogP contribution >= 0.6 is 0 Å². The molecule has 0 spiro atoms. The molecule has 3 aromatic heterocycles. The molecular weight excluding hydrogens is 553 g/mol. The van der Waals surface area contributed by atoms with Gasteiger partial charge in [0.2, 0.25) is 0 Å². The van der Waals surface area contributed by atoms with Crippen LogP contribution in [-0.2, 0) is 12.1 Å². The maximum absolute atomic E-state index is 14.4. The van der Waals surface area contributed by atoms with Gasteiger partial charge in [-0.15, -0.1) is 0 Å². The normalized spacial score (nSPS) is 14.1. The third-order valence-electron chi connectivity index (χ3n) is 7.11. The van der Waals surface area contributed by atoms with E-state index >= 15 is 0 Å². The number of halogens is 3. The first-order chi connectivity index (χ1) is 20.2. The quantitative estimate of drug-likeness (QED) is 0.228. The number of alkyl halides is 2. The lowest BCUT2D eigenvalue weighted by atomic mass is 9.75. The van der Waals surface area contributed by atoms with Crippen molar-refractivity contribution in [2.24, 2.45) is 0 Å². The number of hydrogen-bond donors (Lipinski definition) is 2. The maximum Gasteiger partial charge on any atom is 0.387 e. The lowest BCUT2D eigenvalue weighted by Gasteiger charge is -2.37. The summed E-state index contributed by atoms with van der Waals surface area (Å²) in [6, 6.07) is 9.73. The molecule has 10 nitrogen and oxygen atoms in total. The third kappa shape index (κ3) is 5.26. The largest absolute Gasteiger partial charge is 0.457 e. The number of aliphatic hydroxyl groups is 1. The van der Waals surface area contributed by atoms with Gasteiger partial charge in [-0.3, -0.25) is 9.48 Å². The number of anilines is 1. The van der Waals surface area contributed by atoms with Gasteiger partial charge in [-0.05, 0) is 68.1 Å². The summed E-state index contributed by atoms with van der Waals surface area (Å²) in [4.78, 5) is 17.4. The highest BCUT2D eigenvalue weighted by molar-refractivity contribution is 6.09. The number of aromatic nitrogens is 5. The van der Waals surface area contributed by atoms with Crippen molar-refractivity contribution < 1.29 is 32.5 Å². The van der Waals surface area contributed by atoms with Gasteiger partial charge in [-0.2, -0.15) is 19.0 Å². The maximum atomic E-state index is 14.4. The highest BCUT2D eigenvalue weighted by Gasteiger charge is 2.37. The smallest absolute Gasteiger partial charge is 0.387 e. The van der Waals surface area contributed by atoms with E-state index in [1.165, 1.54) is 45.9 Å². The summed E-state index contributed by atoms with van der Waals surface area (Å²) in [6.45, 7) is -0.900. The zero-order chi connectivity index (χ0) is 29.4. The molecule has 42 heavy (non-hydrogen) atoms. The molecule has 5 aromatic rings. The second kappa shape index (κ2) is 10.8. The first-order valence-electron chi connectivity index (χ1n) is 13.2. The molecule has 1 fully saturated rings. The van der Waals surface area contributed by atoms with Crippen molar-refractivity contribution in [3.8, 4) is 28.5 Å². The van der Waals surface area contributed by atoms with Gasteiger partial charge < -0.3 is 19.9 Å². The summed E-state index contributed by atoms with van der Waals surface area (Å²) in [7, 11) is 0. The Hall–Kier alpha value is -4.91. The fourth-order valence-corrected chi connectivity index (χ4v) is 4.83. The molecule has 1 aliphatic carbocycles. The molecule has 13 heteroatoms. The molecule has 0 bridgehead atoms. The lowest BCUT2D eigenvalue weighted by molar-refractivity contribution is -0.0495. The average molecular weight is 579 g/mol. The van der Waals surface area contributed by atoms with Crippen molar-refractivity contribution in [1.29, 1.82) is 0 Å². The van der Waals surface area contributed by atoms with Gasteiger partial charge in [0.05, 0.1) is 23.0 Å². The minimum Gasteiger partial charge on any atom is -0.457 e. The van der Waals surface area contributed by atoms with Gasteiger partial charge in [0, 0.05) is 31.2 Å². The van der Waals surface area contributed by atoms with Crippen LogP contribution in [0.4, 0.5) is 18.9 Å². The van der Waals surface area contributed by atoms with Gasteiger partial charge in [-0.1, -0.05) is 0 Å². The molecule has 2 aromatic carbocycles. The predicted octanol–water partition coefficient (Wildman–Crippen LogP) is 5.77. The Morgan fingerprint density at radius 2 is 2.02 bits per heavy atom. The number of ether oxygens (including phenoxy) is 2. The van der Waals surface area contributed by atoms with Crippen molar-refractivity contribution in [1.82, 2.24) is 24.4 Å². The summed E-state index contributed by atoms with van der Waals surface area (Å²) >= 11 is 0. The standard InChI is InChI=1S/C29H25F3N6O4/c1-2-37-16-23(35-27(39)22-15-34-38-10-4-9-33-26(22)38)25(36-37)21-14-19(5-6-24(21)42-28(31)32)41-20-12-17(11-18(30)13-20)29(40)7-3-8-29/h4-6,9-16,28,40H,2-3,7-8H2,1H3,(H,35,39). The summed E-state index contributed by atoms with van der Waals surface area (Å²) in [6.07, 6.45) is 7.96. The van der Waals surface area contributed by atoms with E-state index < -0.39 is 23.9 Å². The minimum atomic E-state index is -3.14. The van der Waals surface area contributed by atoms with Gasteiger partial charge in [0.1, 0.15) is 34.3 Å². The summed E-state index contributed by atoms with van der Waals surface area (Å²) in [5, 5.41) is 22.1. The Labute approximate surface area is 237 Å². The van der Waals surface area contributed by atoms with Crippen LogP contribution in [0.15, 0.2) is 67.3 Å². The molecular formula is C29H25F3N6O4. The van der Waals surface area contributed by atoms with Crippen LogP contribution in [0.3, 0.4) is 0 Å². The molecule has 0 unspecified atom stereocenters. The highest BCUT2D eigenvalue weighted by atomic mass is 19.3. The average Bonchev–Trinajstić information content (AvgIpc) is 3.56. The van der Waals surface area contributed by atoms with Crippen LogP contribution in [-0.4, -0.2) is 42.0 Å². The van der Waals surface area contributed by atoms with Gasteiger partial charge in [0.25, 0.3) is 5.91 Å². The Kier molecular flexibility index (Phi) is 7.02. The fourth-order valence-electron chi connectivity index (χ4n) is 4.83. The highest BCUT2D eigenvalue weighted by Crippen LogP contribution is 2.43. The summed E-state index contributed by atoms with van der Waals surface area (Å²) in [5.41, 5.74) is 0.266. The second-order valence-electron chi connectivity index (χ2n) is 9.85. The molecule has 6 rings (SSSR count). The molecule has 1 amide bonds. The van der Waals surface area contributed by atoms with E-state index in [-0.39, 0.29) is 39.8 Å². The number of benzene rings is 2. The number of fused-ring (bicyclic) bond motifs is 1. The Balaban J connectivity index is 1.37. The van der Waals surface area contributed by atoms with E-state index in [2.05, 4.69) is 20.5 Å². The lowest BCUT2D eigenvalue weighted by Crippen LogP contribution is -2.33. The Bertz CT molecular complexity index is 1780. The number of rotatable bonds is 9. The number of carbonyl (C=O) groups excluding carboxylic acids is 1. The third-order valence-corrected chi connectivity index (χ3v) is 7.11. The molecule has 1 saturated carbocycles. The number of nitrogens with one attached hydrogen (secondary N) is 1. The number of carbonyl (C=O) groups is 1. The molecule has 1 aliphatic rings. The van der Waals surface area contributed by atoms with Crippen molar-refractivity contribution in [2.45, 2.75) is 44.9 Å². The van der Waals surface area contributed by atoms with Crippen molar-refractivity contribution >= 4 is 17.2 Å². The molecule has 0 radical (unpaired) electrons. The number of hydrogen-bond acceptors (Lipinski definition) is 7. The fraction of sp³-hybridized carbons (Fsp3) is 0.241. The zero-order valence-electron chi connectivity index (χ0n) is 22.3. The van der Waals surface area contributed by atoms with E-state index in [9.17, 15) is 23.1 Å². The molecule has 3 heterocycles. The van der Waals surface area contributed by atoms with Gasteiger partial charge in [0.15, 0.2) is 5.65 Å². The monoisotopic (exact) mass is 578 g/mol. The van der Waals surface area contributed by atoms with Crippen LogP contribution < -0.4 is 14.8 Å². The van der Waals surface area contributed by atoms with Gasteiger partial charge in [-0.25, -0.2) is 13.9 Å². The van der Waals surface area contributed by atoms with Crippen LogP contribution in [0.1, 0.15) is 42.1 Å². The molecule has 0 aliphatic heterocycles. The van der Waals surface area contributed by atoms with Gasteiger partial charge >= 0.3 is 6.61 Å². The topological polar surface area (TPSA) is 116 Å². The summed E-state index contributed by atoms with van der Waals surface area (Å²) in [5.74, 6) is -1.05. The van der Waals surface area contributed by atoms with Crippen LogP contribution in [0.25, 0.3) is 16.9 Å². The SMILES string of the molecule is CCn1cc(NC(=O)c2cnn3cccnc23)c(-c2cc(Oc3cc(F)cc(C4(O)CCC4)c3)ccc2OC(F)F)n1. The van der Waals surface area contributed by atoms with Crippen molar-refractivity contribution in [2.75, 3.05) is 5.32 Å². The summed E-state index contributed by atoms with van der Waals surface area (Å²) < 4.78 is 54.9. The number of nitrogens with zero attached hydrogens (tertiary/aromatic N) is 5. The van der Waals surface area contributed by atoms with E-state index in [0.29, 0.717) is 30.6 Å². The molecule has 2 N–H and O–H groups in total. The van der Waals surface area contributed by atoms with Crippen LogP contribution in [0.5, 0.6) is 17.2 Å². The van der Waals surface area contributed by atoms with E-state index in [1.807, 2.05) is 6.92 Å². The first kappa shape index (κ1) is 27.3. The number of aryl methyl sites for hydroxylation is 1. The van der Waals surface area contributed by atoms with Crippen molar-refractivity contribution in [3.05, 3.63) is 84.2 Å². The molecule has 0 atom stereocenters. The molecule has 0 saturated heterocycles. The van der Waals surface area contributed by atoms with E-state index in [0.717, 1.165) is 12.5 Å². The molecule has 216 valence electrons. The van der Waals surface area contributed by atoms with E-state index in [4.69, 9.17) is 9.47 Å². The first-order valence-corrected chi connectivity index (χ1v) is 13.2. The van der Waals surface area contributed by atoms with Crippen LogP contribution in [0.2, 0.25) is 0 Å². The predicted molar refractivity (Wildman–Crippen MR) is 145 cm³/mol. The van der Waals surface area contributed by atoms with E-state index in [1.54, 1.807) is 24.5 Å². The Morgan fingerprint density at radius 3 is 2.76 bits per heavy atom.